The minimum atomic E-state index is 0.154. The van der Waals surface area contributed by atoms with Crippen molar-refractivity contribution < 1.29 is 4.79 Å². The summed E-state index contributed by atoms with van der Waals surface area (Å²) in [5.74, 6) is 0.341. The first-order valence-corrected chi connectivity index (χ1v) is 6.45. The van der Waals surface area contributed by atoms with Crippen LogP contribution in [-0.4, -0.2) is 17.3 Å². The van der Waals surface area contributed by atoms with E-state index in [1.54, 1.807) is 0 Å². The lowest BCUT2D eigenvalue weighted by molar-refractivity contribution is -0.124. The van der Waals surface area contributed by atoms with Gasteiger partial charge in [0, 0.05) is 17.3 Å². The van der Waals surface area contributed by atoms with E-state index in [1.165, 1.54) is 0 Å². The molecule has 0 saturated carbocycles. The number of hydrogen-bond acceptors (Lipinski definition) is 1. The van der Waals surface area contributed by atoms with Gasteiger partial charge in [-0.1, -0.05) is 49.5 Å². The number of halogens is 1. The van der Waals surface area contributed by atoms with Crippen molar-refractivity contribution in [2.75, 3.05) is 6.54 Å². The van der Waals surface area contributed by atoms with Crippen molar-refractivity contribution in [1.82, 2.24) is 5.32 Å². The summed E-state index contributed by atoms with van der Waals surface area (Å²) in [6.07, 6.45) is 4.31. The van der Waals surface area contributed by atoms with Crippen molar-refractivity contribution in [2.45, 2.75) is 51.3 Å². The number of alkyl halides is 1. The van der Waals surface area contributed by atoms with E-state index in [1.807, 2.05) is 6.92 Å². The fourth-order valence-electron chi connectivity index (χ4n) is 1.36. The van der Waals surface area contributed by atoms with Crippen molar-refractivity contribution in [2.24, 2.45) is 5.92 Å². The molecule has 0 aliphatic rings. The summed E-state index contributed by atoms with van der Waals surface area (Å²) in [4.78, 5) is 11.9. The van der Waals surface area contributed by atoms with Gasteiger partial charge in [0.15, 0.2) is 0 Å². The third-order valence-electron chi connectivity index (χ3n) is 2.27. The second-order valence-corrected chi connectivity index (χ2v) is 5.12. The van der Waals surface area contributed by atoms with Crippen molar-refractivity contribution in [1.29, 1.82) is 0 Å². The number of rotatable bonds is 7. The summed E-state index contributed by atoms with van der Waals surface area (Å²) >= 11 is 3.54. The number of carbonyl (C=O) groups is 1. The van der Waals surface area contributed by atoms with Crippen molar-refractivity contribution in [3.05, 3.63) is 0 Å². The molecule has 0 radical (unpaired) electrons. The first-order valence-electron chi connectivity index (χ1n) is 5.53. The average molecular weight is 264 g/mol. The van der Waals surface area contributed by atoms with Gasteiger partial charge in [-0.25, -0.2) is 0 Å². The minimum Gasteiger partial charge on any atom is -0.355 e. The summed E-state index contributed by atoms with van der Waals surface area (Å²) in [5.41, 5.74) is 0. The molecule has 0 saturated heterocycles. The number of amides is 1. The van der Waals surface area contributed by atoms with Crippen LogP contribution in [0.3, 0.4) is 0 Å². The quantitative estimate of drug-likeness (QED) is 0.703. The van der Waals surface area contributed by atoms with Gasteiger partial charge in [0.1, 0.15) is 0 Å². The Morgan fingerprint density at radius 3 is 2.36 bits per heavy atom. The minimum absolute atomic E-state index is 0.154. The topological polar surface area (TPSA) is 29.1 Å². The molecule has 84 valence electrons. The van der Waals surface area contributed by atoms with Crippen LogP contribution in [0.2, 0.25) is 0 Å². The molecule has 0 aliphatic heterocycles. The molecule has 3 heteroatoms. The molecule has 0 rings (SSSR count). The van der Waals surface area contributed by atoms with Gasteiger partial charge in [0.25, 0.3) is 0 Å². The molecule has 0 aromatic carbocycles. The predicted molar refractivity (Wildman–Crippen MR) is 64.7 cm³/mol. The maximum Gasteiger partial charge on any atom is 0.222 e. The van der Waals surface area contributed by atoms with Crippen LogP contribution >= 0.6 is 15.9 Å². The molecular formula is C11H22BrNO. The van der Waals surface area contributed by atoms with Gasteiger partial charge in [0.05, 0.1) is 0 Å². The zero-order valence-electron chi connectivity index (χ0n) is 9.48. The summed E-state index contributed by atoms with van der Waals surface area (Å²) < 4.78 is 0. The second-order valence-electron chi connectivity index (χ2n) is 3.82. The van der Waals surface area contributed by atoms with Crippen molar-refractivity contribution >= 4 is 21.8 Å². The lowest BCUT2D eigenvalue weighted by Crippen LogP contribution is -2.33. The Labute approximate surface area is 96.0 Å². The summed E-state index contributed by atoms with van der Waals surface area (Å²) in [6, 6.07) is 0. The standard InChI is InChI=1S/C11H22BrNO/c1-4-6-9(3)11(14)13-8-10(12)7-5-2/h9-10H,4-8H2,1-3H3,(H,13,14). The number of hydrogen-bond donors (Lipinski definition) is 1. The van der Waals surface area contributed by atoms with E-state index in [9.17, 15) is 4.79 Å². The van der Waals surface area contributed by atoms with Crippen LogP contribution in [0.25, 0.3) is 0 Å². The highest BCUT2D eigenvalue weighted by atomic mass is 79.9. The fourth-order valence-corrected chi connectivity index (χ4v) is 1.98. The Morgan fingerprint density at radius 2 is 1.86 bits per heavy atom. The van der Waals surface area contributed by atoms with Crippen molar-refractivity contribution in [3.63, 3.8) is 0 Å². The molecular weight excluding hydrogens is 242 g/mol. The van der Waals surface area contributed by atoms with E-state index in [4.69, 9.17) is 0 Å². The molecule has 0 heterocycles. The van der Waals surface area contributed by atoms with Crippen LogP contribution in [0.1, 0.15) is 46.5 Å². The molecule has 0 fully saturated rings. The molecule has 1 N–H and O–H groups in total. The third-order valence-corrected chi connectivity index (χ3v) is 3.05. The van der Waals surface area contributed by atoms with Gasteiger partial charge < -0.3 is 5.32 Å². The Morgan fingerprint density at radius 1 is 1.29 bits per heavy atom. The van der Waals surface area contributed by atoms with Gasteiger partial charge in [-0.3, -0.25) is 4.79 Å². The molecule has 2 atom stereocenters. The molecule has 2 nitrogen and oxygen atoms in total. The maximum atomic E-state index is 11.5. The van der Waals surface area contributed by atoms with E-state index in [2.05, 4.69) is 35.1 Å². The molecule has 2 unspecified atom stereocenters. The SMILES string of the molecule is CCCC(Br)CNC(=O)C(C)CCC. The average Bonchev–Trinajstić information content (AvgIpc) is 2.15. The summed E-state index contributed by atoms with van der Waals surface area (Å²) in [6.45, 7) is 6.99. The van der Waals surface area contributed by atoms with Crippen LogP contribution in [0.4, 0.5) is 0 Å². The molecule has 14 heavy (non-hydrogen) atoms. The lowest BCUT2D eigenvalue weighted by Gasteiger charge is -2.13. The predicted octanol–water partition coefficient (Wildman–Crippen LogP) is 3.10. The molecule has 0 bridgehead atoms. The van der Waals surface area contributed by atoms with Gasteiger partial charge in [0.2, 0.25) is 5.91 Å². The highest BCUT2D eigenvalue weighted by molar-refractivity contribution is 9.09. The van der Waals surface area contributed by atoms with Gasteiger partial charge in [-0.15, -0.1) is 0 Å². The van der Waals surface area contributed by atoms with E-state index in [0.29, 0.717) is 4.83 Å². The Bertz CT molecular complexity index is 161. The zero-order chi connectivity index (χ0) is 11.0. The Balaban J connectivity index is 3.61. The van der Waals surface area contributed by atoms with E-state index < -0.39 is 0 Å². The highest BCUT2D eigenvalue weighted by Gasteiger charge is 2.12. The Hall–Kier alpha value is -0.0500. The van der Waals surface area contributed by atoms with Crippen molar-refractivity contribution in [3.8, 4) is 0 Å². The third kappa shape index (κ3) is 6.41. The fraction of sp³-hybridized carbons (Fsp3) is 0.909. The zero-order valence-corrected chi connectivity index (χ0v) is 11.1. The highest BCUT2D eigenvalue weighted by Crippen LogP contribution is 2.08. The van der Waals surface area contributed by atoms with E-state index in [0.717, 1.165) is 32.2 Å². The molecule has 0 aliphatic carbocycles. The van der Waals surface area contributed by atoms with Crippen LogP contribution in [0.15, 0.2) is 0 Å². The van der Waals surface area contributed by atoms with Crippen LogP contribution in [-0.2, 0) is 4.79 Å². The smallest absolute Gasteiger partial charge is 0.222 e. The first kappa shape index (κ1) is 13.9. The first-order chi connectivity index (χ1) is 6.61. The largest absolute Gasteiger partial charge is 0.355 e. The van der Waals surface area contributed by atoms with Crippen LogP contribution in [0, 0.1) is 5.92 Å². The van der Waals surface area contributed by atoms with E-state index in [-0.39, 0.29) is 11.8 Å². The molecule has 1 amide bonds. The van der Waals surface area contributed by atoms with Crippen LogP contribution in [0.5, 0.6) is 0 Å². The normalized spacial score (nSPS) is 14.9. The van der Waals surface area contributed by atoms with Crippen LogP contribution < -0.4 is 5.32 Å². The second kappa shape index (κ2) is 8.27. The van der Waals surface area contributed by atoms with Gasteiger partial charge >= 0.3 is 0 Å². The van der Waals surface area contributed by atoms with Gasteiger partial charge in [-0.2, -0.15) is 0 Å². The molecule has 0 spiro atoms. The van der Waals surface area contributed by atoms with E-state index >= 15 is 0 Å². The number of nitrogens with one attached hydrogen (secondary N) is 1. The Kier molecular flexibility index (Phi) is 8.24. The summed E-state index contributed by atoms with van der Waals surface area (Å²) in [5, 5.41) is 2.97. The molecule has 0 aromatic rings. The summed E-state index contributed by atoms with van der Waals surface area (Å²) in [7, 11) is 0. The maximum absolute atomic E-state index is 11.5. The number of carbonyl (C=O) groups excluding carboxylic acids is 1. The monoisotopic (exact) mass is 263 g/mol. The van der Waals surface area contributed by atoms with Gasteiger partial charge in [-0.05, 0) is 12.8 Å². The lowest BCUT2D eigenvalue weighted by atomic mass is 10.1. The molecule has 0 aromatic heterocycles.